The molecule has 0 saturated carbocycles. The Kier molecular flexibility index (Phi) is 10.2. The van der Waals surface area contributed by atoms with Crippen LogP contribution in [-0.4, -0.2) is 36.6 Å². The summed E-state index contributed by atoms with van der Waals surface area (Å²) in [5.41, 5.74) is -0.650. The van der Waals surface area contributed by atoms with Crippen LogP contribution in [0.4, 0.5) is 0 Å². The second kappa shape index (κ2) is 9.35. The smallest absolute Gasteiger partial charge is 0.312 e. The second-order valence-electron chi connectivity index (χ2n) is 5.87. The van der Waals surface area contributed by atoms with Gasteiger partial charge in [0.25, 0.3) is 0 Å². The molecule has 0 bridgehead atoms. The minimum Gasteiger partial charge on any atom is -0.460 e. The lowest BCUT2D eigenvalue weighted by Crippen LogP contribution is -2.43. The molecular weight excluding hydrogens is 238 g/mol. The zero-order chi connectivity index (χ0) is 15.7. The first-order chi connectivity index (χ1) is 8.73. The molecule has 1 fully saturated rings. The molecule has 1 rings (SSSR count). The van der Waals surface area contributed by atoms with Crippen LogP contribution in [0.3, 0.4) is 0 Å². The van der Waals surface area contributed by atoms with Crippen LogP contribution in [0.5, 0.6) is 0 Å². The van der Waals surface area contributed by atoms with Crippen LogP contribution in [0.2, 0.25) is 0 Å². The van der Waals surface area contributed by atoms with Crippen molar-refractivity contribution in [3.05, 3.63) is 0 Å². The van der Waals surface area contributed by atoms with E-state index in [1.165, 1.54) is 0 Å². The van der Waals surface area contributed by atoms with Gasteiger partial charge in [0.05, 0.1) is 5.41 Å². The van der Waals surface area contributed by atoms with E-state index in [0.717, 1.165) is 25.9 Å². The van der Waals surface area contributed by atoms with E-state index in [4.69, 9.17) is 4.74 Å². The fourth-order valence-electron chi connectivity index (χ4n) is 1.72. The van der Waals surface area contributed by atoms with Crippen molar-refractivity contribution in [2.75, 3.05) is 20.1 Å². The fraction of sp³-hybridized carbons (Fsp3) is 0.938. The van der Waals surface area contributed by atoms with E-state index < -0.39 is 0 Å². The fourth-order valence-corrected chi connectivity index (χ4v) is 1.72. The zero-order valence-electron chi connectivity index (χ0n) is 14.6. The van der Waals surface area contributed by atoms with E-state index in [0.29, 0.717) is 0 Å². The van der Waals surface area contributed by atoms with Gasteiger partial charge in [0.2, 0.25) is 0 Å². The van der Waals surface area contributed by atoms with Crippen molar-refractivity contribution < 1.29 is 9.53 Å². The van der Waals surface area contributed by atoms with Gasteiger partial charge in [-0.2, -0.15) is 0 Å². The van der Waals surface area contributed by atoms with Crippen LogP contribution in [0.25, 0.3) is 0 Å². The van der Waals surface area contributed by atoms with Gasteiger partial charge >= 0.3 is 5.97 Å². The van der Waals surface area contributed by atoms with E-state index >= 15 is 0 Å². The van der Waals surface area contributed by atoms with Crippen LogP contribution in [0.15, 0.2) is 0 Å². The average Bonchev–Trinajstić information content (AvgIpc) is 2.36. The number of piperidine rings is 1. The molecule has 19 heavy (non-hydrogen) atoms. The predicted octanol–water partition coefficient (Wildman–Crippen LogP) is 4.11. The highest BCUT2D eigenvalue weighted by atomic mass is 16.6. The summed E-state index contributed by atoms with van der Waals surface area (Å²) in [7, 11) is 2.09. The molecule has 0 spiro atoms. The first-order valence-corrected chi connectivity index (χ1v) is 7.65. The summed E-state index contributed by atoms with van der Waals surface area (Å²) < 4.78 is 5.46. The van der Waals surface area contributed by atoms with Crippen LogP contribution in [-0.2, 0) is 9.53 Å². The van der Waals surface area contributed by atoms with Gasteiger partial charge in [-0.05, 0) is 60.7 Å². The Morgan fingerprint density at radius 1 is 1.05 bits per heavy atom. The molecule has 1 heterocycles. The summed E-state index contributed by atoms with van der Waals surface area (Å²) >= 11 is 0. The van der Waals surface area contributed by atoms with E-state index in [-0.39, 0.29) is 17.0 Å². The van der Waals surface area contributed by atoms with Crippen molar-refractivity contribution in [2.45, 2.75) is 73.8 Å². The van der Waals surface area contributed by atoms with Gasteiger partial charge < -0.3 is 9.64 Å². The van der Waals surface area contributed by atoms with Gasteiger partial charge in [-0.25, -0.2) is 0 Å². The van der Waals surface area contributed by atoms with E-state index in [1.54, 1.807) is 0 Å². The summed E-state index contributed by atoms with van der Waals surface area (Å²) in [5, 5.41) is 0. The van der Waals surface area contributed by atoms with Gasteiger partial charge in [-0.1, -0.05) is 27.7 Å². The number of hydrogen-bond donors (Lipinski definition) is 0. The van der Waals surface area contributed by atoms with Gasteiger partial charge in [-0.3, -0.25) is 4.79 Å². The van der Waals surface area contributed by atoms with Crippen molar-refractivity contribution in [1.29, 1.82) is 0 Å². The molecule has 0 aromatic heterocycles. The molecule has 0 unspecified atom stereocenters. The van der Waals surface area contributed by atoms with Crippen LogP contribution in [0, 0.1) is 5.41 Å². The minimum absolute atomic E-state index is 0.0388. The molecule has 1 aliphatic rings. The average molecular weight is 273 g/mol. The Hall–Kier alpha value is -0.570. The monoisotopic (exact) mass is 273 g/mol. The maximum atomic E-state index is 12.0. The first kappa shape index (κ1) is 20.7. The third-order valence-corrected chi connectivity index (χ3v) is 2.98. The Bertz CT molecular complexity index is 236. The van der Waals surface area contributed by atoms with Gasteiger partial charge in [0.1, 0.15) is 5.60 Å². The maximum Gasteiger partial charge on any atom is 0.312 e. The lowest BCUT2D eigenvalue weighted by atomic mass is 9.80. The number of hydrogen-bond acceptors (Lipinski definition) is 3. The molecule has 3 heteroatoms. The molecule has 3 nitrogen and oxygen atoms in total. The van der Waals surface area contributed by atoms with Crippen LogP contribution >= 0.6 is 0 Å². The summed E-state index contributed by atoms with van der Waals surface area (Å²) in [6, 6.07) is 0. The predicted molar refractivity (Wildman–Crippen MR) is 83.4 cm³/mol. The molecule has 0 aromatic rings. The zero-order valence-corrected chi connectivity index (χ0v) is 14.6. The summed E-state index contributed by atoms with van der Waals surface area (Å²) in [6.45, 7) is 17.7. The topological polar surface area (TPSA) is 29.5 Å². The van der Waals surface area contributed by atoms with Crippen molar-refractivity contribution >= 4 is 5.97 Å². The Morgan fingerprint density at radius 2 is 1.42 bits per heavy atom. The van der Waals surface area contributed by atoms with E-state index in [2.05, 4.69) is 11.9 Å². The Labute approximate surface area is 120 Å². The van der Waals surface area contributed by atoms with E-state index in [9.17, 15) is 4.79 Å². The van der Waals surface area contributed by atoms with Crippen molar-refractivity contribution in [3.63, 3.8) is 0 Å². The number of nitrogens with zero attached hydrogens (tertiary/aromatic N) is 1. The maximum absolute atomic E-state index is 12.0. The van der Waals surface area contributed by atoms with Gasteiger partial charge in [0.15, 0.2) is 0 Å². The molecule has 0 aromatic carbocycles. The number of likely N-dealkylation sites (tertiary alicyclic amines) is 1. The quantitative estimate of drug-likeness (QED) is 0.673. The highest BCUT2D eigenvalue weighted by Gasteiger charge is 2.39. The lowest BCUT2D eigenvalue weighted by molar-refractivity contribution is -0.169. The molecular formula is C16H35NO2. The second-order valence-corrected chi connectivity index (χ2v) is 5.87. The molecule has 1 aliphatic heterocycles. The number of rotatable bonds is 1. The molecule has 0 N–H and O–H groups in total. The molecule has 0 amide bonds. The molecule has 0 radical (unpaired) electrons. The summed E-state index contributed by atoms with van der Waals surface area (Å²) in [4.78, 5) is 14.3. The number of ether oxygens (including phenoxy) is 1. The van der Waals surface area contributed by atoms with Crippen LogP contribution < -0.4 is 0 Å². The normalized spacial score (nSPS) is 18.4. The van der Waals surface area contributed by atoms with Crippen molar-refractivity contribution in [2.24, 2.45) is 5.41 Å². The highest BCUT2D eigenvalue weighted by Crippen LogP contribution is 2.33. The van der Waals surface area contributed by atoms with Crippen molar-refractivity contribution in [1.82, 2.24) is 4.90 Å². The Morgan fingerprint density at radius 3 is 1.74 bits per heavy atom. The molecule has 0 atom stereocenters. The minimum atomic E-state index is -0.372. The highest BCUT2D eigenvalue weighted by molar-refractivity contribution is 5.77. The number of esters is 1. The molecule has 0 aliphatic carbocycles. The lowest BCUT2D eigenvalue weighted by Gasteiger charge is -2.37. The summed E-state index contributed by atoms with van der Waals surface area (Å²) in [5.74, 6) is -0.0388. The third-order valence-electron chi connectivity index (χ3n) is 2.98. The van der Waals surface area contributed by atoms with Gasteiger partial charge in [-0.15, -0.1) is 0 Å². The Balaban J connectivity index is 0. The number of carbonyl (C=O) groups excluding carboxylic acids is 1. The summed E-state index contributed by atoms with van der Waals surface area (Å²) in [6.07, 6.45) is 1.80. The first-order valence-electron chi connectivity index (χ1n) is 7.65. The molecule has 116 valence electrons. The largest absolute Gasteiger partial charge is 0.460 e. The third kappa shape index (κ3) is 8.25. The standard InChI is InChI=1S/C12H23NO2.2C2H6/c1-11(2,3)15-10(14)12(4)6-8-13(5)9-7-12;2*1-2/h6-9H2,1-5H3;2*1-2H3. The van der Waals surface area contributed by atoms with Gasteiger partial charge in [0, 0.05) is 0 Å². The molecule has 1 saturated heterocycles. The van der Waals surface area contributed by atoms with Crippen molar-refractivity contribution in [3.8, 4) is 0 Å². The number of carbonyl (C=O) groups is 1. The van der Waals surface area contributed by atoms with Crippen LogP contribution in [0.1, 0.15) is 68.2 Å². The van der Waals surface area contributed by atoms with E-state index in [1.807, 2.05) is 55.4 Å². The SMILES string of the molecule is CC.CC.CN1CCC(C)(C(=O)OC(C)(C)C)CC1.